The molecule has 1 atom stereocenters. The molecule has 7 heteroatoms. The molecule has 3 N–H and O–H groups in total. The molecule has 0 aromatic rings. The third-order valence-corrected chi connectivity index (χ3v) is 4.43. The molecule has 24 heavy (non-hydrogen) atoms. The van der Waals surface area contributed by atoms with Crippen molar-refractivity contribution in [1.82, 2.24) is 5.32 Å². The predicted molar refractivity (Wildman–Crippen MR) is 86.8 cm³/mol. The molecule has 0 saturated heterocycles. The zero-order valence-electron chi connectivity index (χ0n) is 14.5. The van der Waals surface area contributed by atoms with Crippen LogP contribution in [-0.4, -0.2) is 47.3 Å². The van der Waals surface area contributed by atoms with Crippen molar-refractivity contribution in [3.8, 4) is 0 Å². The molecule has 0 aromatic heterocycles. The molecule has 1 aliphatic rings. The fraction of sp³-hybridized carbons (Fsp3) is 0.824. The molecule has 1 saturated carbocycles. The smallest absolute Gasteiger partial charge is 0.315 e. The molecule has 1 amide bonds. The fourth-order valence-corrected chi connectivity index (χ4v) is 2.67. The largest absolute Gasteiger partial charge is 0.396 e. The minimum atomic E-state index is -1.38. The first kappa shape index (κ1) is 20.6. The van der Waals surface area contributed by atoms with Crippen LogP contribution in [0.2, 0.25) is 0 Å². The van der Waals surface area contributed by atoms with Gasteiger partial charge in [0.25, 0.3) is 0 Å². The Kier molecular flexibility index (Phi) is 8.35. The van der Waals surface area contributed by atoms with Gasteiger partial charge in [-0.2, -0.15) is 0 Å². The quantitative estimate of drug-likeness (QED) is 0.446. The highest BCUT2D eigenvalue weighted by molar-refractivity contribution is 5.86. The van der Waals surface area contributed by atoms with E-state index in [-0.39, 0.29) is 26.0 Å². The first-order valence-corrected chi connectivity index (χ1v) is 8.56. The molecule has 1 rings (SSSR count). The molecule has 1 aliphatic carbocycles. The summed E-state index contributed by atoms with van der Waals surface area (Å²) >= 11 is 0. The van der Waals surface area contributed by atoms with Gasteiger partial charge in [0.1, 0.15) is 6.10 Å². The van der Waals surface area contributed by atoms with Crippen LogP contribution in [0.3, 0.4) is 0 Å². The van der Waals surface area contributed by atoms with E-state index in [9.17, 15) is 19.5 Å². The number of carbonyl (C=O) groups is 3. The second-order valence-electron chi connectivity index (χ2n) is 7.14. The monoisotopic (exact) mass is 343 g/mol. The van der Waals surface area contributed by atoms with Crippen LogP contribution in [0, 0.1) is 11.3 Å². The summed E-state index contributed by atoms with van der Waals surface area (Å²) in [4.78, 5) is 35.0. The van der Waals surface area contributed by atoms with E-state index < -0.39 is 29.4 Å². The predicted octanol–water partition coefficient (Wildman–Crippen LogP) is 0.912. The number of esters is 2. The van der Waals surface area contributed by atoms with E-state index >= 15 is 0 Å². The molecule has 0 heterocycles. The van der Waals surface area contributed by atoms with Gasteiger partial charge in [0.2, 0.25) is 5.91 Å². The Balaban J connectivity index is 2.23. The third-order valence-electron chi connectivity index (χ3n) is 4.43. The lowest BCUT2D eigenvalue weighted by atomic mass is 9.87. The maximum absolute atomic E-state index is 11.7. The van der Waals surface area contributed by atoms with E-state index in [1.807, 2.05) is 0 Å². The summed E-state index contributed by atoms with van der Waals surface area (Å²) < 4.78 is 4.75. The Morgan fingerprint density at radius 2 is 1.79 bits per heavy atom. The van der Waals surface area contributed by atoms with Gasteiger partial charge in [-0.15, -0.1) is 0 Å². The van der Waals surface area contributed by atoms with Crippen LogP contribution in [0.25, 0.3) is 0 Å². The van der Waals surface area contributed by atoms with Crippen LogP contribution >= 0.6 is 0 Å². The second-order valence-corrected chi connectivity index (χ2v) is 7.14. The minimum Gasteiger partial charge on any atom is -0.396 e. The number of hydrogen-bond donors (Lipinski definition) is 3. The summed E-state index contributed by atoms with van der Waals surface area (Å²) in [5.74, 6) is -1.57. The van der Waals surface area contributed by atoms with Crippen molar-refractivity contribution in [3.63, 3.8) is 0 Å². The summed E-state index contributed by atoms with van der Waals surface area (Å²) in [6.07, 6.45) is 4.16. The third kappa shape index (κ3) is 6.97. The summed E-state index contributed by atoms with van der Waals surface area (Å²) in [5.41, 5.74) is -0.972. The summed E-state index contributed by atoms with van der Waals surface area (Å²) in [7, 11) is 0. The van der Waals surface area contributed by atoms with E-state index in [4.69, 9.17) is 9.84 Å². The molecule has 7 nitrogen and oxygen atoms in total. The van der Waals surface area contributed by atoms with Crippen LogP contribution < -0.4 is 5.32 Å². The Morgan fingerprint density at radius 1 is 1.17 bits per heavy atom. The summed E-state index contributed by atoms with van der Waals surface area (Å²) in [6, 6.07) is 0. The zero-order valence-corrected chi connectivity index (χ0v) is 14.5. The normalized spacial score (nSPS) is 17.2. The van der Waals surface area contributed by atoms with Gasteiger partial charge in [-0.1, -0.05) is 33.1 Å². The molecule has 0 radical (unpaired) electrons. The van der Waals surface area contributed by atoms with Crippen molar-refractivity contribution in [2.24, 2.45) is 11.3 Å². The van der Waals surface area contributed by atoms with Crippen LogP contribution in [-0.2, 0) is 19.1 Å². The molecule has 0 aromatic carbocycles. The van der Waals surface area contributed by atoms with Gasteiger partial charge in [-0.25, -0.2) is 0 Å². The van der Waals surface area contributed by atoms with Crippen molar-refractivity contribution in [3.05, 3.63) is 0 Å². The number of amides is 1. The average molecular weight is 343 g/mol. The van der Waals surface area contributed by atoms with Crippen molar-refractivity contribution in [2.45, 2.75) is 64.9 Å². The second kappa shape index (κ2) is 9.74. The lowest BCUT2D eigenvalue weighted by molar-refractivity contribution is -0.160. The Morgan fingerprint density at radius 3 is 2.38 bits per heavy atom. The van der Waals surface area contributed by atoms with Gasteiger partial charge in [0.15, 0.2) is 0 Å². The molecule has 1 fully saturated rings. The molecule has 0 bridgehead atoms. The van der Waals surface area contributed by atoms with Crippen LogP contribution in [0.1, 0.15) is 58.8 Å². The van der Waals surface area contributed by atoms with Crippen LogP contribution in [0.4, 0.5) is 0 Å². The maximum atomic E-state index is 11.7. The van der Waals surface area contributed by atoms with Crippen LogP contribution in [0.15, 0.2) is 0 Å². The SMILES string of the molecule is CC(C)(CO)[C@@H](O)C(=O)NCCC(=O)OC(=O)CC1CCCCC1. The molecule has 138 valence electrons. The fourth-order valence-electron chi connectivity index (χ4n) is 2.67. The number of hydrogen-bond acceptors (Lipinski definition) is 6. The maximum Gasteiger partial charge on any atom is 0.315 e. The van der Waals surface area contributed by atoms with Gasteiger partial charge in [-0.3, -0.25) is 14.4 Å². The lowest BCUT2D eigenvalue weighted by Crippen LogP contribution is -2.46. The minimum absolute atomic E-state index is 0.0348. The van der Waals surface area contributed by atoms with Gasteiger partial charge < -0.3 is 20.3 Å². The van der Waals surface area contributed by atoms with Gasteiger partial charge >= 0.3 is 11.9 Å². The number of nitrogens with one attached hydrogen (secondary N) is 1. The Labute approximate surface area is 142 Å². The molecule has 0 spiro atoms. The first-order valence-electron chi connectivity index (χ1n) is 8.56. The lowest BCUT2D eigenvalue weighted by Gasteiger charge is -2.27. The molecular weight excluding hydrogens is 314 g/mol. The average Bonchev–Trinajstić information content (AvgIpc) is 2.54. The highest BCUT2D eigenvalue weighted by atomic mass is 16.6. The molecule has 0 unspecified atom stereocenters. The number of carbonyl (C=O) groups excluding carboxylic acids is 3. The first-order chi connectivity index (χ1) is 11.3. The van der Waals surface area contributed by atoms with E-state index in [1.165, 1.54) is 6.42 Å². The highest BCUT2D eigenvalue weighted by Crippen LogP contribution is 2.26. The standard InChI is InChI=1S/C17H29NO6/c1-17(2,11-19)15(22)16(23)18-9-8-13(20)24-14(21)10-12-6-4-3-5-7-12/h12,15,19,22H,3-11H2,1-2H3,(H,18,23)/t15-/m0/s1. The summed E-state index contributed by atoms with van der Waals surface area (Å²) in [6.45, 7) is 2.72. The van der Waals surface area contributed by atoms with Crippen molar-refractivity contribution < 1.29 is 29.3 Å². The molecule has 0 aliphatic heterocycles. The van der Waals surface area contributed by atoms with E-state index in [2.05, 4.69) is 5.32 Å². The van der Waals surface area contributed by atoms with Crippen LogP contribution in [0.5, 0.6) is 0 Å². The van der Waals surface area contributed by atoms with Crippen molar-refractivity contribution in [2.75, 3.05) is 13.2 Å². The van der Waals surface area contributed by atoms with Crippen molar-refractivity contribution >= 4 is 17.8 Å². The van der Waals surface area contributed by atoms with E-state index in [1.54, 1.807) is 13.8 Å². The van der Waals surface area contributed by atoms with E-state index in [0.29, 0.717) is 5.92 Å². The Hall–Kier alpha value is -1.47. The van der Waals surface area contributed by atoms with Gasteiger partial charge in [-0.05, 0) is 18.8 Å². The summed E-state index contributed by atoms with van der Waals surface area (Å²) in [5, 5.41) is 21.3. The van der Waals surface area contributed by atoms with Gasteiger partial charge in [0, 0.05) is 18.4 Å². The highest BCUT2D eigenvalue weighted by Gasteiger charge is 2.32. The van der Waals surface area contributed by atoms with Crippen molar-refractivity contribution in [1.29, 1.82) is 0 Å². The topological polar surface area (TPSA) is 113 Å². The van der Waals surface area contributed by atoms with E-state index in [0.717, 1.165) is 25.7 Å². The number of aliphatic hydroxyl groups is 2. The zero-order chi connectivity index (χ0) is 18.2. The van der Waals surface area contributed by atoms with Gasteiger partial charge in [0.05, 0.1) is 13.0 Å². The Bertz CT molecular complexity index is 442. The number of aliphatic hydroxyl groups excluding tert-OH is 2. The molecular formula is C17H29NO6. The number of ether oxygens (including phenoxy) is 1. The number of rotatable bonds is 8.